The van der Waals surface area contributed by atoms with Crippen LogP contribution in [0, 0.1) is 0 Å². The van der Waals surface area contributed by atoms with Crippen LogP contribution in [0.25, 0.3) is 0 Å². The smallest absolute Gasteiger partial charge is 0.148 e. The highest BCUT2D eigenvalue weighted by atomic mass is 32.2. The van der Waals surface area contributed by atoms with E-state index in [4.69, 9.17) is 4.74 Å². The van der Waals surface area contributed by atoms with Gasteiger partial charge in [0.1, 0.15) is 9.84 Å². The van der Waals surface area contributed by atoms with Gasteiger partial charge in [0, 0.05) is 31.5 Å². The van der Waals surface area contributed by atoms with Crippen molar-refractivity contribution in [3.8, 4) is 0 Å². The Morgan fingerprint density at radius 1 is 1.50 bits per heavy atom. The highest BCUT2D eigenvalue weighted by molar-refractivity contribution is 7.90. The van der Waals surface area contributed by atoms with Gasteiger partial charge in [-0.25, -0.2) is 8.42 Å². The molecule has 0 saturated carbocycles. The first kappa shape index (κ1) is 13.9. The SMILES string of the molecule is CNC1CCOCC1N(C)CCS(C)(=O)=O. The summed E-state index contributed by atoms with van der Waals surface area (Å²) in [5.74, 6) is 0.205. The summed E-state index contributed by atoms with van der Waals surface area (Å²) in [5, 5.41) is 3.26. The number of sulfone groups is 1. The first-order chi connectivity index (χ1) is 7.44. The molecule has 6 heteroatoms. The van der Waals surface area contributed by atoms with Gasteiger partial charge in [-0.2, -0.15) is 0 Å². The minimum atomic E-state index is -2.88. The van der Waals surface area contributed by atoms with Gasteiger partial charge >= 0.3 is 0 Å². The Hall–Kier alpha value is -0.170. The van der Waals surface area contributed by atoms with Crippen LogP contribution in [-0.4, -0.2) is 71.3 Å². The van der Waals surface area contributed by atoms with Crippen molar-refractivity contribution >= 4 is 9.84 Å². The summed E-state index contributed by atoms with van der Waals surface area (Å²) < 4.78 is 27.6. The topological polar surface area (TPSA) is 58.6 Å². The van der Waals surface area contributed by atoms with E-state index in [1.54, 1.807) is 0 Å². The average molecular weight is 250 g/mol. The second kappa shape index (κ2) is 5.95. The van der Waals surface area contributed by atoms with Crippen molar-refractivity contribution < 1.29 is 13.2 Å². The number of hydrogen-bond donors (Lipinski definition) is 1. The maximum absolute atomic E-state index is 11.1. The van der Waals surface area contributed by atoms with E-state index in [1.807, 2.05) is 14.1 Å². The number of hydrogen-bond acceptors (Lipinski definition) is 5. The molecule has 96 valence electrons. The molecular formula is C10H22N2O3S. The van der Waals surface area contributed by atoms with Crippen molar-refractivity contribution in [2.24, 2.45) is 0 Å². The molecule has 1 heterocycles. The van der Waals surface area contributed by atoms with Gasteiger partial charge in [-0.05, 0) is 20.5 Å². The lowest BCUT2D eigenvalue weighted by Gasteiger charge is -2.37. The van der Waals surface area contributed by atoms with Gasteiger partial charge < -0.3 is 10.1 Å². The third kappa shape index (κ3) is 4.37. The minimum Gasteiger partial charge on any atom is -0.380 e. The predicted molar refractivity (Wildman–Crippen MR) is 64.4 cm³/mol. The molecule has 1 aliphatic heterocycles. The maximum Gasteiger partial charge on any atom is 0.148 e. The molecule has 1 aliphatic rings. The third-order valence-electron chi connectivity index (χ3n) is 3.08. The molecule has 0 bridgehead atoms. The zero-order valence-corrected chi connectivity index (χ0v) is 11.1. The minimum absolute atomic E-state index is 0.205. The second-order valence-corrected chi connectivity index (χ2v) is 6.70. The molecule has 5 nitrogen and oxygen atoms in total. The Morgan fingerprint density at radius 2 is 2.19 bits per heavy atom. The monoisotopic (exact) mass is 250 g/mol. The molecule has 16 heavy (non-hydrogen) atoms. The van der Waals surface area contributed by atoms with Crippen molar-refractivity contribution in [1.82, 2.24) is 10.2 Å². The van der Waals surface area contributed by atoms with E-state index >= 15 is 0 Å². The van der Waals surface area contributed by atoms with E-state index in [2.05, 4.69) is 10.2 Å². The second-order valence-electron chi connectivity index (χ2n) is 4.44. The van der Waals surface area contributed by atoms with Crippen molar-refractivity contribution in [1.29, 1.82) is 0 Å². The van der Waals surface area contributed by atoms with Crippen LogP contribution in [0.15, 0.2) is 0 Å². The van der Waals surface area contributed by atoms with Gasteiger partial charge in [-0.1, -0.05) is 0 Å². The molecule has 2 unspecified atom stereocenters. The number of likely N-dealkylation sites (N-methyl/N-ethyl adjacent to an activating group) is 2. The third-order valence-corrected chi connectivity index (χ3v) is 4.00. The van der Waals surface area contributed by atoms with Gasteiger partial charge in [-0.3, -0.25) is 4.90 Å². The van der Waals surface area contributed by atoms with Crippen molar-refractivity contribution in [3.05, 3.63) is 0 Å². The molecule has 0 aliphatic carbocycles. The lowest BCUT2D eigenvalue weighted by molar-refractivity contribution is 0.00983. The molecule has 0 aromatic carbocycles. The Morgan fingerprint density at radius 3 is 2.75 bits per heavy atom. The van der Waals surface area contributed by atoms with E-state index in [0.29, 0.717) is 19.2 Å². The lowest BCUT2D eigenvalue weighted by atomic mass is 10.0. The summed E-state index contributed by atoms with van der Waals surface area (Å²) in [5.41, 5.74) is 0. The van der Waals surface area contributed by atoms with Gasteiger partial charge in [0.15, 0.2) is 0 Å². The molecule has 1 rings (SSSR count). The van der Waals surface area contributed by atoms with Gasteiger partial charge in [0.25, 0.3) is 0 Å². The molecule has 2 atom stereocenters. The summed E-state index contributed by atoms with van der Waals surface area (Å²) in [4.78, 5) is 2.07. The Labute approximate surface area is 98.1 Å². The largest absolute Gasteiger partial charge is 0.380 e. The normalized spacial score (nSPS) is 27.2. The fourth-order valence-corrected chi connectivity index (χ4v) is 2.59. The van der Waals surface area contributed by atoms with Gasteiger partial charge in [-0.15, -0.1) is 0 Å². The molecule has 1 N–H and O–H groups in total. The molecule has 1 saturated heterocycles. The predicted octanol–water partition coefficient (Wildman–Crippen LogP) is -0.660. The highest BCUT2D eigenvalue weighted by Gasteiger charge is 2.27. The van der Waals surface area contributed by atoms with Crippen LogP contribution >= 0.6 is 0 Å². The fourth-order valence-electron chi connectivity index (χ4n) is 1.97. The Balaban J connectivity index is 2.47. The van der Waals surface area contributed by atoms with E-state index < -0.39 is 9.84 Å². The van der Waals surface area contributed by atoms with E-state index in [-0.39, 0.29) is 11.8 Å². The van der Waals surface area contributed by atoms with Gasteiger partial charge in [0.05, 0.1) is 12.4 Å². The van der Waals surface area contributed by atoms with Crippen LogP contribution in [-0.2, 0) is 14.6 Å². The molecule has 1 fully saturated rings. The van der Waals surface area contributed by atoms with E-state index in [1.165, 1.54) is 6.26 Å². The summed E-state index contributed by atoms with van der Waals surface area (Å²) >= 11 is 0. The highest BCUT2D eigenvalue weighted by Crippen LogP contribution is 2.12. The first-order valence-electron chi connectivity index (χ1n) is 5.57. The summed E-state index contributed by atoms with van der Waals surface area (Å²) in [6, 6.07) is 0.652. The fraction of sp³-hybridized carbons (Fsp3) is 1.00. The molecule has 0 spiro atoms. The van der Waals surface area contributed by atoms with Crippen molar-refractivity contribution in [2.45, 2.75) is 18.5 Å². The number of nitrogens with zero attached hydrogens (tertiary/aromatic N) is 1. The summed E-state index contributed by atoms with van der Waals surface area (Å²) in [6.45, 7) is 2.01. The number of rotatable bonds is 5. The standard InChI is InChI=1S/C10H22N2O3S/c1-11-9-4-6-15-8-10(9)12(2)5-7-16(3,13)14/h9-11H,4-8H2,1-3H3. The molecular weight excluding hydrogens is 228 g/mol. The zero-order valence-electron chi connectivity index (χ0n) is 10.3. The summed E-state index contributed by atoms with van der Waals surface area (Å²) in [6.07, 6.45) is 2.25. The van der Waals surface area contributed by atoms with Crippen molar-refractivity contribution in [2.75, 3.05) is 45.9 Å². The maximum atomic E-state index is 11.1. The van der Waals surface area contributed by atoms with Crippen LogP contribution in [0.2, 0.25) is 0 Å². The van der Waals surface area contributed by atoms with Crippen LogP contribution in [0.4, 0.5) is 0 Å². The van der Waals surface area contributed by atoms with Crippen molar-refractivity contribution in [3.63, 3.8) is 0 Å². The van der Waals surface area contributed by atoms with Gasteiger partial charge in [0.2, 0.25) is 0 Å². The van der Waals surface area contributed by atoms with Crippen LogP contribution in [0.1, 0.15) is 6.42 Å². The number of nitrogens with one attached hydrogen (secondary N) is 1. The summed E-state index contributed by atoms with van der Waals surface area (Å²) in [7, 11) is 1.01. The Bertz CT molecular complexity index is 305. The van der Waals surface area contributed by atoms with Crippen LogP contribution in [0.3, 0.4) is 0 Å². The molecule has 0 radical (unpaired) electrons. The van der Waals surface area contributed by atoms with E-state index in [9.17, 15) is 8.42 Å². The molecule has 0 aromatic heterocycles. The first-order valence-corrected chi connectivity index (χ1v) is 7.63. The molecule has 0 amide bonds. The van der Waals surface area contributed by atoms with Crippen LogP contribution < -0.4 is 5.32 Å². The Kier molecular flexibility index (Phi) is 5.17. The van der Waals surface area contributed by atoms with E-state index in [0.717, 1.165) is 13.0 Å². The lowest BCUT2D eigenvalue weighted by Crippen LogP contribution is -2.54. The average Bonchev–Trinajstić information content (AvgIpc) is 2.25. The number of ether oxygens (including phenoxy) is 1. The zero-order chi connectivity index (χ0) is 12.2. The van der Waals surface area contributed by atoms with Crippen LogP contribution in [0.5, 0.6) is 0 Å². The quantitative estimate of drug-likeness (QED) is 0.702. The molecule has 0 aromatic rings.